The molecule has 0 fully saturated rings. The zero-order valence-corrected chi connectivity index (χ0v) is 8.20. The molecule has 1 aromatic heterocycles. The molecule has 2 N–H and O–H groups in total. The van der Waals surface area contributed by atoms with E-state index in [-0.39, 0.29) is 0 Å². The summed E-state index contributed by atoms with van der Waals surface area (Å²) < 4.78 is 5.28. The first-order valence-corrected chi connectivity index (χ1v) is 5.06. The van der Waals surface area contributed by atoms with Crippen LogP contribution in [-0.4, -0.2) is 6.54 Å². The van der Waals surface area contributed by atoms with Crippen LogP contribution < -0.4 is 5.73 Å². The lowest BCUT2D eigenvalue weighted by Gasteiger charge is -1.99. The molecule has 2 rings (SSSR count). The maximum atomic E-state index is 5.45. The Morgan fingerprint density at radius 2 is 2.07 bits per heavy atom. The van der Waals surface area contributed by atoms with Gasteiger partial charge in [-0.2, -0.15) is 0 Å². The highest BCUT2D eigenvalue weighted by atomic mass is 16.3. The first kappa shape index (κ1) is 9.28. The molecule has 0 spiro atoms. The standard InChI is InChI=1S/C12H15NO/c13-7-2-1-3-10-4-5-12-11(9-10)6-8-14-12/h4-6,8-9H,1-3,7,13H2. The van der Waals surface area contributed by atoms with Crippen LogP contribution in [0.3, 0.4) is 0 Å². The molecule has 1 heterocycles. The highest BCUT2D eigenvalue weighted by molar-refractivity contribution is 5.77. The van der Waals surface area contributed by atoms with Crippen molar-refractivity contribution in [2.75, 3.05) is 6.54 Å². The summed E-state index contributed by atoms with van der Waals surface area (Å²) in [4.78, 5) is 0. The van der Waals surface area contributed by atoms with E-state index >= 15 is 0 Å². The Morgan fingerprint density at radius 3 is 2.93 bits per heavy atom. The molecule has 0 amide bonds. The number of unbranched alkanes of at least 4 members (excludes halogenated alkanes) is 1. The third-order valence-corrected chi connectivity index (χ3v) is 2.44. The van der Waals surface area contributed by atoms with Crippen LogP contribution in [0.5, 0.6) is 0 Å². The van der Waals surface area contributed by atoms with Crippen molar-refractivity contribution < 1.29 is 4.42 Å². The van der Waals surface area contributed by atoms with E-state index in [1.807, 2.05) is 12.1 Å². The van der Waals surface area contributed by atoms with E-state index in [1.165, 1.54) is 17.4 Å². The Kier molecular flexibility index (Phi) is 2.84. The number of aryl methyl sites for hydroxylation is 1. The van der Waals surface area contributed by atoms with Crippen LogP contribution in [-0.2, 0) is 6.42 Å². The van der Waals surface area contributed by atoms with Gasteiger partial charge in [0.2, 0.25) is 0 Å². The van der Waals surface area contributed by atoms with E-state index in [0.717, 1.165) is 25.0 Å². The van der Waals surface area contributed by atoms with Crippen LogP contribution in [0.1, 0.15) is 18.4 Å². The molecule has 2 heteroatoms. The molecule has 2 nitrogen and oxygen atoms in total. The molecule has 0 unspecified atom stereocenters. The van der Waals surface area contributed by atoms with Gasteiger partial charge in [-0.15, -0.1) is 0 Å². The van der Waals surface area contributed by atoms with E-state index in [1.54, 1.807) is 6.26 Å². The average Bonchev–Trinajstić information content (AvgIpc) is 2.65. The van der Waals surface area contributed by atoms with Gasteiger partial charge in [0.1, 0.15) is 5.58 Å². The normalized spacial score (nSPS) is 10.9. The van der Waals surface area contributed by atoms with Crippen LogP contribution >= 0.6 is 0 Å². The van der Waals surface area contributed by atoms with Crippen molar-refractivity contribution >= 4 is 11.0 Å². The highest BCUT2D eigenvalue weighted by Crippen LogP contribution is 2.17. The van der Waals surface area contributed by atoms with Gasteiger partial charge in [-0.25, -0.2) is 0 Å². The van der Waals surface area contributed by atoms with Gasteiger partial charge < -0.3 is 10.2 Å². The molecule has 74 valence electrons. The molecule has 14 heavy (non-hydrogen) atoms. The minimum atomic E-state index is 0.786. The lowest BCUT2D eigenvalue weighted by atomic mass is 10.1. The largest absolute Gasteiger partial charge is 0.464 e. The van der Waals surface area contributed by atoms with Crippen molar-refractivity contribution in [1.82, 2.24) is 0 Å². The Balaban J connectivity index is 2.10. The fourth-order valence-corrected chi connectivity index (χ4v) is 1.65. The van der Waals surface area contributed by atoms with E-state index in [2.05, 4.69) is 12.1 Å². The number of hydrogen-bond acceptors (Lipinski definition) is 2. The van der Waals surface area contributed by atoms with E-state index in [4.69, 9.17) is 10.2 Å². The molecule has 1 aromatic carbocycles. The molecule has 0 bridgehead atoms. The van der Waals surface area contributed by atoms with Crippen LogP contribution in [0.4, 0.5) is 0 Å². The van der Waals surface area contributed by atoms with Crippen molar-refractivity contribution in [3.8, 4) is 0 Å². The molecule has 2 aromatic rings. The van der Waals surface area contributed by atoms with E-state index < -0.39 is 0 Å². The lowest BCUT2D eigenvalue weighted by molar-refractivity contribution is 0.615. The van der Waals surface area contributed by atoms with Gasteiger partial charge in [-0.3, -0.25) is 0 Å². The number of hydrogen-bond donors (Lipinski definition) is 1. The number of nitrogens with two attached hydrogens (primary N) is 1. The molecule has 0 saturated carbocycles. The maximum Gasteiger partial charge on any atom is 0.133 e. The first-order valence-electron chi connectivity index (χ1n) is 5.06. The second-order valence-electron chi connectivity index (χ2n) is 3.54. The third-order valence-electron chi connectivity index (χ3n) is 2.44. The SMILES string of the molecule is NCCCCc1ccc2occc2c1. The topological polar surface area (TPSA) is 39.2 Å². The minimum absolute atomic E-state index is 0.786. The number of fused-ring (bicyclic) bond motifs is 1. The van der Waals surface area contributed by atoms with Crippen molar-refractivity contribution in [3.05, 3.63) is 36.1 Å². The zero-order chi connectivity index (χ0) is 9.80. The average molecular weight is 189 g/mol. The quantitative estimate of drug-likeness (QED) is 0.751. The fraction of sp³-hybridized carbons (Fsp3) is 0.333. The number of benzene rings is 1. The van der Waals surface area contributed by atoms with Crippen LogP contribution in [0.25, 0.3) is 11.0 Å². The summed E-state index contributed by atoms with van der Waals surface area (Å²) in [5, 5.41) is 1.19. The summed E-state index contributed by atoms with van der Waals surface area (Å²) >= 11 is 0. The van der Waals surface area contributed by atoms with Crippen molar-refractivity contribution in [3.63, 3.8) is 0 Å². The molecular weight excluding hydrogens is 174 g/mol. The molecule has 0 saturated heterocycles. The van der Waals surface area contributed by atoms with Gasteiger partial charge in [-0.1, -0.05) is 6.07 Å². The summed E-state index contributed by atoms with van der Waals surface area (Å²) in [7, 11) is 0. The fourth-order valence-electron chi connectivity index (χ4n) is 1.65. The zero-order valence-electron chi connectivity index (χ0n) is 8.20. The first-order chi connectivity index (χ1) is 6.90. The predicted octanol–water partition coefficient (Wildman–Crippen LogP) is 2.71. The van der Waals surface area contributed by atoms with Gasteiger partial charge in [0.05, 0.1) is 6.26 Å². The van der Waals surface area contributed by atoms with Gasteiger partial charge in [0.25, 0.3) is 0 Å². The maximum absolute atomic E-state index is 5.45. The predicted molar refractivity (Wildman–Crippen MR) is 58.2 cm³/mol. The molecule has 0 aliphatic rings. The third kappa shape index (κ3) is 1.96. The Bertz CT molecular complexity index is 405. The van der Waals surface area contributed by atoms with Crippen LogP contribution in [0, 0.1) is 0 Å². The van der Waals surface area contributed by atoms with Crippen molar-refractivity contribution in [2.45, 2.75) is 19.3 Å². The Hall–Kier alpha value is -1.28. The summed E-state index contributed by atoms with van der Waals surface area (Å²) in [5.74, 6) is 0. The summed E-state index contributed by atoms with van der Waals surface area (Å²) in [6.07, 6.45) is 5.11. The number of rotatable bonds is 4. The van der Waals surface area contributed by atoms with E-state index in [9.17, 15) is 0 Å². The molecular formula is C12H15NO. The second-order valence-corrected chi connectivity index (χ2v) is 3.54. The molecule has 0 radical (unpaired) electrons. The van der Waals surface area contributed by atoms with Gasteiger partial charge in [-0.05, 0) is 49.6 Å². The molecule has 0 aliphatic carbocycles. The monoisotopic (exact) mass is 189 g/mol. The summed E-state index contributed by atoms with van der Waals surface area (Å²) in [5.41, 5.74) is 7.78. The summed E-state index contributed by atoms with van der Waals surface area (Å²) in [6, 6.07) is 8.35. The van der Waals surface area contributed by atoms with Crippen LogP contribution in [0.2, 0.25) is 0 Å². The second kappa shape index (κ2) is 4.29. The van der Waals surface area contributed by atoms with E-state index in [0.29, 0.717) is 0 Å². The van der Waals surface area contributed by atoms with Crippen LogP contribution in [0.15, 0.2) is 34.9 Å². The Morgan fingerprint density at radius 1 is 1.14 bits per heavy atom. The smallest absolute Gasteiger partial charge is 0.133 e. The van der Waals surface area contributed by atoms with Crippen molar-refractivity contribution in [1.29, 1.82) is 0 Å². The van der Waals surface area contributed by atoms with Crippen molar-refractivity contribution in [2.24, 2.45) is 5.73 Å². The molecule has 0 atom stereocenters. The number of furan rings is 1. The summed E-state index contributed by atoms with van der Waals surface area (Å²) in [6.45, 7) is 0.786. The Labute approximate surface area is 83.7 Å². The highest BCUT2D eigenvalue weighted by Gasteiger charge is 1.98. The lowest BCUT2D eigenvalue weighted by Crippen LogP contribution is -1.98. The van der Waals surface area contributed by atoms with Gasteiger partial charge >= 0.3 is 0 Å². The van der Waals surface area contributed by atoms with Gasteiger partial charge in [0.15, 0.2) is 0 Å². The molecule has 0 aliphatic heterocycles. The minimum Gasteiger partial charge on any atom is -0.464 e. The van der Waals surface area contributed by atoms with Gasteiger partial charge in [0, 0.05) is 5.39 Å².